The van der Waals surface area contributed by atoms with Crippen LogP contribution in [0.5, 0.6) is 0 Å². The average molecular weight is 217 g/mol. The molecule has 0 aromatic rings. The number of nitrogens with zero attached hydrogens (tertiary/aromatic N) is 1. The van der Waals surface area contributed by atoms with E-state index < -0.39 is 18.0 Å². The van der Waals surface area contributed by atoms with E-state index in [0.717, 1.165) is 6.54 Å². The highest BCUT2D eigenvalue weighted by Crippen LogP contribution is 1.89. The quantitative estimate of drug-likeness (QED) is 0.571. The van der Waals surface area contributed by atoms with Gasteiger partial charge >= 0.3 is 12.0 Å². The number of rotatable bonds is 6. The van der Waals surface area contributed by atoms with E-state index in [1.165, 1.54) is 0 Å². The van der Waals surface area contributed by atoms with Gasteiger partial charge in [0.2, 0.25) is 0 Å². The lowest BCUT2D eigenvalue weighted by molar-refractivity contribution is -0.139. The summed E-state index contributed by atoms with van der Waals surface area (Å²) >= 11 is 0. The molecule has 0 aromatic carbocycles. The SMILES string of the molecule is CC[C@@H](NC(=O)NCCN(C)C)C(=O)O. The smallest absolute Gasteiger partial charge is 0.326 e. The second kappa shape index (κ2) is 7.05. The number of amides is 2. The molecule has 0 bridgehead atoms. The molecule has 0 aliphatic heterocycles. The second-order valence-corrected chi connectivity index (χ2v) is 3.50. The van der Waals surface area contributed by atoms with Crippen LogP contribution in [0.1, 0.15) is 13.3 Å². The Morgan fingerprint density at radius 3 is 2.40 bits per heavy atom. The molecule has 6 heteroatoms. The van der Waals surface area contributed by atoms with Gasteiger partial charge in [-0.1, -0.05) is 6.92 Å². The van der Waals surface area contributed by atoms with Crippen LogP contribution in [0.3, 0.4) is 0 Å². The first-order valence-electron chi connectivity index (χ1n) is 4.89. The molecule has 88 valence electrons. The molecule has 0 spiro atoms. The van der Waals surface area contributed by atoms with Crippen molar-refractivity contribution in [2.75, 3.05) is 27.2 Å². The average Bonchev–Trinajstić information content (AvgIpc) is 2.13. The van der Waals surface area contributed by atoms with Crippen molar-refractivity contribution in [2.45, 2.75) is 19.4 Å². The molecule has 0 aliphatic carbocycles. The third-order valence-electron chi connectivity index (χ3n) is 1.86. The molecular formula is C9H19N3O3. The number of carbonyl (C=O) groups is 2. The maximum absolute atomic E-state index is 11.2. The Morgan fingerprint density at radius 2 is 2.00 bits per heavy atom. The molecule has 1 atom stereocenters. The van der Waals surface area contributed by atoms with E-state index in [1.54, 1.807) is 6.92 Å². The van der Waals surface area contributed by atoms with Crippen LogP contribution in [0.2, 0.25) is 0 Å². The number of carboxylic acids is 1. The predicted molar refractivity (Wildman–Crippen MR) is 56.8 cm³/mol. The van der Waals surface area contributed by atoms with Crippen LogP contribution >= 0.6 is 0 Å². The molecule has 0 unspecified atom stereocenters. The zero-order chi connectivity index (χ0) is 11.8. The maximum Gasteiger partial charge on any atom is 0.326 e. The van der Waals surface area contributed by atoms with E-state index in [0.29, 0.717) is 13.0 Å². The van der Waals surface area contributed by atoms with Crippen molar-refractivity contribution in [1.29, 1.82) is 0 Å². The van der Waals surface area contributed by atoms with Gasteiger partial charge in [-0.15, -0.1) is 0 Å². The largest absolute Gasteiger partial charge is 0.480 e. The lowest BCUT2D eigenvalue weighted by Crippen LogP contribution is -2.46. The number of hydrogen-bond donors (Lipinski definition) is 3. The van der Waals surface area contributed by atoms with Crippen LogP contribution in [0, 0.1) is 0 Å². The Hall–Kier alpha value is -1.30. The fourth-order valence-corrected chi connectivity index (χ4v) is 0.941. The normalized spacial score (nSPS) is 12.3. The third kappa shape index (κ3) is 6.73. The molecule has 0 aromatic heterocycles. The molecular weight excluding hydrogens is 198 g/mol. The molecule has 6 nitrogen and oxygen atoms in total. The number of likely N-dealkylation sites (N-methyl/N-ethyl adjacent to an activating group) is 1. The Balaban J connectivity index is 3.77. The van der Waals surface area contributed by atoms with Gasteiger partial charge in [-0.25, -0.2) is 9.59 Å². The summed E-state index contributed by atoms with van der Waals surface area (Å²) in [4.78, 5) is 23.7. The predicted octanol–water partition coefficient (Wildman–Crippen LogP) is -0.290. The van der Waals surface area contributed by atoms with Crippen LogP contribution in [0.4, 0.5) is 4.79 Å². The molecule has 3 N–H and O–H groups in total. The van der Waals surface area contributed by atoms with Crippen molar-refractivity contribution in [1.82, 2.24) is 15.5 Å². The highest BCUT2D eigenvalue weighted by Gasteiger charge is 2.16. The first-order valence-corrected chi connectivity index (χ1v) is 4.89. The molecule has 0 rings (SSSR count). The Labute approximate surface area is 89.6 Å². The van der Waals surface area contributed by atoms with Crippen LogP contribution in [0.15, 0.2) is 0 Å². The van der Waals surface area contributed by atoms with Crippen molar-refractivity contribution in [3.8, 4) is 0 Å². The summed E-state index contributed by atoms with van der Waals surface area (Å²) < 4.78 is 0. The van der Waals surface area contributed by atoms with Gasteiger partial charge < -0.3 is 20.6 Å². The van der Waals surface area contributed by atoms with Gasteiger partial charge in [-0.05, 0) is 20.5 Å². The minimum Gasteiger partial charge on any atom is -0.480 e. The topological polar surface area (TPSA) is 81.7 Å². The molecule has 0 saturated heterocycles. The van der Waals surface area contributed by atoms with E-state index in [2.05, 4.69) is 10.6 Å². The molecule has 15 heavy (non-hydrogen) atoms. The third-order valence-corrected chi connectivity index (χ3v) is 1.86. The summed E-state index contributed by atoms with van der Waals surface area (Å²) in [7, 11) is 3.79. The molecule has 0 aliphatic rings. The fourth-order valence-electron chi connectivity index (χ4n) is 0.941. The Bertz CT molecular complexity index is 219. The second-order valence-electron chi connectivity index (χ2n) is 3.50. The van der Waals surface area contributed by atoms with E-state index >= 15 is 0 Å². The van der Waals surface area contributed by atoms with Crippen LogP contribution in [-0.2, 0) is 4.79 Å². The van der Waals surface area contributed by atoms with Crippen LogP contribution in [0.25, 0.3) is 0 Å². The van der Waals surface area contributed by atoms with E-state index in [-0.39, 0.29) is 0 Å². The molecule has 0 fully saturated rings. The van der Waals surface area contributed by atoms with Gasteiger partial charge in [0.1, 0.15) is 6.04 Å². The van der Waals surface area contributed by atoms with Gasteiger partial charge in [-0.3, -0.25) is 0 Å². The van der Waals surface area contributed by atoms with Gasteiger partial charge in [0.15, 0.2) is 0 Å². The van der Waals surface area contributed by atoms with E-state index in [9.17, 15) is 9.59 Å². The summed E-state index contributed by atoms with van der Waals surface area (Å²) in [5, 5.41) is 13.6. The van der Waals surface area contributed by atoms with Crippen molar-refractivity contribution in [3.05, 3.63) is 0 Å². The van der Waals surface area contributed by atoms with Crippen molar-refractivity contribution < 1.29 is 14.7 Å². The summed E-state index contributed by atoms with van der Waals surface area (Å²) in [6.07, 6.45) is 0.371. The van der Waals surface area contributed by atoms with E-state index in [4.69, 9.17) is 5.11 Å². The van der Waals surface area contributed by atoms with Crippen LogP contribution < -0.4 is 10.6 Å². The van der Waals surface area contributed by atoms with Gasteiger partial charge in [0.25, 0.3) is 0 Å². The highest BCUT2D eigenvalue weighted by atomic mass is 16.4. The summed E-state index contributed by atoms with van der Waals surface area (Å²) in [6.45, 7) is 2.92. The number of hydrogen-bond acceptors (Lipinski definition) is 3. The van der Waals surface area contributed by atoms with Crippen molar-refractivity contribution in [2.24, 2.45) is 0 Å². The monoisotopic (exact) mass is 217 g/mol. The first-order chi connectivity index (χ1) is 6.97. The molecule has 0 radical (unpaired) electrons. The summed E-state index contributed by atoms with van der Waals surface area (Å²) in [6, 6.07) is -1.25. The van der Waals surface area contributed by atoms with Crippen LogP contribution in [-0.4, -0.2) is 55.2 Å². The number of carbonyl (C=O) groups excluding carboxylic acids is 1. The lowest BCUT2D eigenvalue weighted by atomic mass is 10.2. The zero-order valence-corrected chi connectivity index (χ0v) is 9.41. The van der Waals surface area contributed by atoms with Gasteiger partial charge in [0, 0.05) is 13.1 Å². The molecule has 2 amide bonds. The number of aliphatic carboxylic acids is 1. The number of urea groups is 1. The highest BCUT2D eigenvalue weighted by molar-refractivity contribution is 5.82. The Kier molecular flexibility index (Phi) is 6.44. The zero-order valence-electron chi connectivity index (χ0n) is 9.41. The fraction of sp³-hybridized carbons (Fsp3) is 0.778. The molecule has 0 saturated carbocycles. The Morgan fingerprint density at radius 1 is 1.40 bits per heavy atom. The maximum atomic E-state index is 11.2. The van der Waals surface area contributed by atoms with Gasteiger partial charge in [-0.2, -0.15) is 0 Å². The molecule has 0 heterocycles. The minimum atomic E-state index is -1.01. The number of carboxylic acid groups (broad SMARTS) is 1. The summed E-state index contributed by atoms with van der Waals surface area (Å²) in [5.41, 5.74) is 0. The minimum absolute atomic E-state index is 0.371. The van der Waals surface area contributed by atoms with E-state index in [1.807, 2.05) is 19.0 Å². The van der Waals surface area contributed by atoms with Gasteiger partial charge in [0.05, 0.1) is 0 Å². The first kappa shape index (κ1) is 13.7. The van der Waals surface area contributed by atoms with Crippen molar-refractivity contribution >= 4 is 12.0 Å². The standard InChI is InChI=1S/C9H19N3O3/c1-4-7(8(13)14)11-9(15)10-5-6-12(2)3/h7H,4-6H2,1-3H3,(H,13,14)(H2,10,11,15)/t7-/m1/s1. The summed E-state index contributed by atoms with van der Waals surface area (Å²) in [5.74, 6) is -1.01. The van der Waals surface area contributed by atoms with Crippen molar-refractivity contribution in [3.63, 3.8) is 0 Å². The number of nitrogens with one attached hydrogen (secondary N) is 2. The lowest BCUT2D eigenvalue weighted by Gasteiger charge is -2.14.